The second kappa shape index (κ2) is 4.20. The first-order chi connectivity index (χ1) is 6.83. The predicted octanol–water partition coefficient (Wildman–Crippen LogP) is 1.73. The van der Waals surface area contributed by atoms with Crippen molar-refractivity contribution in [2.75, 3.05) is 6.54 Å². The number of rotatable bonds is 3. The maximum absolute atomic E-state index is 5.96. The van der Waals surface area contributed by atoms with Crippen LogP contribution in [0.3, 0.4) is 0 Å². The summed E-state index contributed by atoms with van der Waals surface area (Å²) in [7, 11) is 0. The lowest BCUT2D eigenvalue weighted by Gasteiger charge is -2.31. The van der Waals surface area contributed by atoms with Crippen LogP contribution in [0.1, 0.15) is 45.4 Å². The Bertz CT molecular complexity index is 219. The first kappa shape index (κ1) is 9.81. The maximum Gasteiger partial charge on any atom is 0.191 e. The summed E-state index contributed by atoms with van der Waals surface area (Å²) in [6, 6.07) is 1.29. The van der Waals surface area contributed by atoms with Crippen molar-refractivity contribution in [3.63, 3.8) is 0 Å². The number of nitrogens with zero attached hydrogens (tertiary/aromatic N) is 2. The van der Waals surface area contributed by atoms with Gasteiger partial charge in [0.25, 0.3) is 0 Å². The van der Waals surface area contributed by atoms with Crippen molar-refractivity contribution in [1.82, 2.24) is 4.90 Å². The predicted molar refractivity (Wildman–Crippen MR) is 59.3 cm³/mol. The molecule has 1 heterocycles. The van der Waals surface area contributed by atoms with Gasteiger partial charge in [-0.1, -0.05) is 26.2 Å². The zero-order valence-corrected chi connectivity index (χ0v) is 9.08. The minimum Gasteiger partial charge on any atom is -0.370 e. The fraction of sp³-hybridized carbons (Fsp3) is 0.909. The van der Waals surface area contributed by atoms with Crippen molar-refractivity contribution in [2.24, 2.45) is 10.7 Å². The molecule has 1 unspecified atom stereocenters. The molecule has 80 valence electrons. The van der Waals surface area contributed by atoms with E-state index < -0.39 is 0 Å². The van der Waals surface area contributed by atoms with Gasteiger partial charge in [-0.2, -0.15) is 0 Å². The number of nitrogens with two attached hydrogens (primary N) is 1. The van der Waals surface area contributed by atoms with Crippen LogP contribution in [0.25, 0.3) is 0 Å². The molecule has 0 radical (unpaired) electrons. The standard InChI is InChI=1S/C11H21N3/c1-2-5-10-8-13-11(12)14(10)9-6-3-4-7-9/h9-10H,2-8H2,1H3,(H2,12,13). The van der Waals surface area contributed by atoms with Gasteiger partial charge >= 0.3 is 0 Å². The van der Waals surface area contributed by atoms with Gasteiger partial charge in [0.2, 0.25) is 0 Å². The van der Waals surface area contributed by atoms with E-state index in [4.69, 9.17) is 5.73 Å². The van der Waals surface area contributed by atoms with Crippen molar-refractivity contribution < 1.29 is 0 Å². The second-order valence-electron chi connectivity index (χ2n) is 4.49. The molecule has 0 bridgehead atoms. The Kier molecular flexibility index (Phi) is 2.94. The Hall–Kier alpha value is -0.730. The third kappa shape index (κ3) is 1.72. The molecule has 0 aromatic rings. The molecule has 1 aliphatic heterocycles. The van der Waals surface area contributed by atoms with Crippen molar-refractivity contribution in [1.29, 1.82) is 0 Å². The SMILES string of the molecule is CCCC1CN=C(N)N1C1CCCC1. The number of guanidine groups is 1. The Balaban J connectivity index is 2.01. The lowest BCUT2D eigenvalue weighted by molar-refractivity contribution is 0.247. The number of hydrogen-bond donors (Lipinski definition) is 1. The van der Waals surface area contributed by atoms with E-state index in [2.05, 4.69) is 16.8 Å². The van der Waals surface area contributed by atoms with Crippen LogP contribution in [0, 0.1) is 0 Å². The Morgan fingerprint density at radius 2 is 2.14 bits per heavy atom. The van der Waals surface area contributed by atoms with Gasteiger partial charge in [-0.05, 0) is 19.3 Å². The first-order valence-electron chi connectivity index (χ1n) is 5.91. The third-order valence-electron chi connectivity index (χ3n) is 3.46. The van der Waals surface area contributed by atoms with Crippen LogP contribution >= 0.6 is 0 Å². The molecule has 1 fully saturated rings. The van der Waals surface area contributed by atoms with Crippen LogP contribution in [-0.2, 0) is 0 Å². The number of aliphatic imine (C=N–C) groups is 1. The van der Waals surface area contributed by atoms with E-state index in [-0.39, 0.29) is 0 Å². The van der Waals surface area contributed by atoms with E-state index in [0.717, 1.165) is 12.5 Å². The molecule has 0 aromatic heterocycles. The molecule has 14 heavy (non-hydrogen) atoms. The minimum atomic E-state index is 0.600. The molecular weight excluding hydrogens is 174 g/mol. The van der Waals surface area contributed by atoms with Crippen LogP contribution in [0.5, 0.6) is 0 Å². The summed E-state index contributed by atoms with van der Waals surface area (Å²) in [5, 5.41) is 0. The monoisotopic (exact) mass is 195 g/mol. The fourth-order valence-corrected chi connectivity index (χ4v) is 2.79. The molecule has 2 rings (SSSR count). The Labute approximate surface area is 86.4 Å². The van der Waals surface area contributed by atoms with Crippen molar-refractivity contribution in [3.8, 4) is 0 Å². The highest BCUT2D eigenvalue weighted by Crippen LogP contribution is 2.28. The van der Waals surface area contributed by atoms with Crippen LogP contribution < -0.4 is 5.73 Å². The molecule has 1 atom stereocenters. The van der Waals surface area contributed by atoms with Gasteiger partial charge in [0, 0.05) is 6.04 Å². The lowest BCUT2D eigenvalue weighted by atomic mass is 10.1. The second-order valence-corrected chi connectivity index (χ2v) is 4.49. The molecule has 1 saturated carbocycles. The average molecular weight is 195 g/mol. The highest BCUT2D eigenvalue weighted by Gasteiger charge is 2.32. The Morgan fingerprint density at radius 1 is 1.43 bits per heavy atom. The molecule has 0 amide bonds. The molecule has 3 nitrogen and oxygen atoms in total. The maximum atomic E-state index is 5.96. The van der Waals surface area contributed by atoms with Crippen molar-refractivity contribution in [3.05, 3.63) is 0 Å². The van der Waals surface area contributed by atoms with Crippen molar-refractivity contribution >= 4 is 5.96 Å². The van der Waals surface area contributed by atoms with Gasteiger partial charge in [-0.15, -0.1) is 0 Å². The van der Waals surface area contributed by atoms with E-state index in [0.29, 0.717) is 12.1 Å². The summed E-state index contributed by atoms with van der Waals surface area (Å²) in [5.41, 5.74) is 5.96. The summed E-state index contributed by atoms with van der Waals surface area (Å²) in [6.07, 6.45) is 7.84. The summed E-state index contributed by atoms with van der Waals surface area (Å²) >= 11 is 0. The summed E-state index contributed by atoms with van der Waals surface area (Å²) in [6.45, 7) is 3.16. The fourth-order valence-electron chi connectivity index (χ4n) is 2.79. The largest absolute Gasteiger partial charge is 0.370 e. The third-order valence-corrected chi connectivity index (χ3v) is 3.46. The van der Waals surface area contributed by atoms with Gasteiger partial charge in [0.1, 0.15) is 0 Å². The normalized spacial score (nSPS) is 28.5. The van der Waals surface area contributed by atoms with E-state index in [1.807, 2.05) is 0 Å². The van der Waals surface area contributed by atoms with Gasteiger partial charge < -0.3 is 10.6 Å². The molecule has 0 spiro atoms. The zero-order valence-electron chi connectivity index (χ0n) is 9.08. The summed E-state index contributed by atoms with van der Waals surface area (Å²) in [5.74, 6) is 0.801. The quantitative estimate of drug-likeness (QED) is 0.745. The molecule has 2 N–H and O–H groups in total. The zero-order chi connectivity index (χ0) is 9.97. The van der Waals surface area contributed by atoms with Crippen LogP contribution in [-0.4, -0.2) is 29.5 Å². The number of hydrogen-bond acceptors (Lipinski definition) is 3. The molecule has 0 aromatic carbocycles. The van der Waals surface area contributed by atoms with Gasteiger partial charge in [0.15, 0.2) is 5.96 Å². The molecular formula is C11H21N3. The smallest absolute Gasteiger partial charge is 0.191 e. The minimum absolute atomic E-state index is 0.600. The summed E-state index contributed by atoms with van der Waals surface area (Å²) in [4.78, 5) is 6.78. The van der Waals surface area contributed by atoms with E-state index in [9.17, 15) is 0 Å². The highest BCUT2D eigenvalue weighted by molar-refractivity contribution is 5.80. The van der Waals surface area contributed by atoms with E-state index in [1.54, 1.807) is 0 Å². The molecule has 1 aliphatic carbocycles. The highest BCUT2D eigenvalue weighted by atomic mass is 15.3. The molecule has 2 aliphatic rings. The topological polar surface area (TPSA) is 41.6 Å². The van der Waals surface area contributed by atoms with Gasteiger partial charge in [0.05, 0.1) is 12.6 Å². The van der Waals surface area contributed by atoms with Crippen molar-refractivity contribution in [2.45, 2.75) is 57.5 Å². The van der Waals surface area contributed by atoms with Crippen LogP contribution in [0.2, 0.25) is 0 Å². The first-order valence-corrected chi connectivity index (χ1v) is 5.91. The van der Waals surface area contributed by atoms with Crippen LogP contribution in [0.4, 0.5) is 0 Å². The van der Waals surface area contributed by atoms with Gasteiger partial charge in [-0.25, -0.2) is 0 Å². The summed E-state index contributed by atoms with van der Waals surface area (Å²) < 4.78 is 0. The average Bonchev–Trinajstić information content (AvgIpc) is 2.76. The molecule has 3 heteroatoms. The van der Waals surface area contributed by atoms with Crippen LogP contribution in [0.15, 0.2) is 4.99 Å². The molecule has 0 saturated heterocycles. The van der Waals surface area contributed by atoms with E-state index in [1.165, 1.54) is 38.5 Å². The lowest BCUT2D eigenvalue weighted by Crippen LogP contribution is -2.46. The van der Waals surface area contributed by atoms with E-state index >= 15 is 0 Å². The van der Waals surface area contributed by atoms with Gasteiger partial charge in [-0.3, -0.25) is 4.99 Å². The Morgan fingerprint density at radius 3 is 2.79 bits per heavy atom.